The molecule has 10 aromatic rings. The topological polar surface area (TPSA) is 428 Å². The summed E-state index contributed by atoms with van der Waals surface area (Å²) >= 11 is 0. The van der Waals surface area contributed by atoms with Gasteiger partial charge in [0, 0.05) is 66.5 Å². The monoisotopic (exact) mass is 1930 g/mol. The van der Waals surface area contributed by atoms with Gasteiger partial charge >= 0.3 is 48.3 Å². The second-order valence-corrected chi connectivity index (χ2v) is 37.5. The summed E-state index contributed by atoms with van der Waals surface area (Å²) in [5.41, 5.74) is 3.39. The van der Waals surface area contributed by atoms with Crippen molar-refractivity contribution < 1.29 is 76.3 Å². The number of carbonyl (C=O) groups excluding carboxylic acids is 8. The first kappa shape index (κ1) is 113. The molecule has 40 nitrogen and oxygen atoms in total. The van der Waals surface area contributed by atoms with E-state index in [1.54, 1.807) is 64.9 Å². The van der Waals surface area contributed by atoms with Crippen LogP contribution in [0.25, 0.3) is 44.7 Å². The molecule has 0 bridgehead atoms. The van der Waals surface area contributed by atoms with Gasteiger partial charge in [-0.15, -0.1) is 0 Å². The summed E-state index contributed by atoms with van der Waals surface area (Å²) in [4.78, 5) is 166. The van der Waals surface area contributed by atoms with E-state index in [1.165, 1.54) is 25.9 Å². The van der Waals surface area contributed by atoms with Gasteiger partial charge in [0.15, 0.2) is 67.9 Å². The van der Waals surface area contributed by atoms with Crippen LogP contribution < -0.4 is 40.0 Å². The average molecular weight is 1930 g/mol. The van der Waals surface area contributed by atoms with Gasteiger partial charge < -0.3 is 76.6 Å². The predicted molar refractivity (Wildman–Crippen MR) is 539 cm³/mol. The molecule has 0 atom stereocenters. The third-order valence-corrected chi connectivity index (χ3v) is 20.3. The van der Waals surface area contributed by atoms with Crippen LogP contribution in [0.5, 0.6) is 0 Å². The lowest BCUT2D eigenvalue weighted by Gasteiger charge is -2.27. The first-order chi connectivity index (χ1) is 66.0. The molecule has 0 saturated heterocycles. The summed E-state index contributed by atoms with van der Waals surface area (Å²) in [6.07, 6.45) is 16.0. The predicted octanol–water partition coefficient (Wildman–Crippen LogP) is 18.4. The van der Waals surface area contributed by atoms with Crippen LogP contribution in [0.3, 0.4) is 0 Å². The zero-order valence-corrected chi connectivity index (χ0v) is 86.5. The number of benzene rings is 2. The van der Waals surface area contributed by atoms with Crippen LogP contribution in [0, 0.1) is 5.92 Å². The Balaban J connectivity index is 0.000000252. The molecule has 0 aliphatic carbocycles. The van der Waals surface area contributed by atoms with E-state index >= 15 is 0 Å². The number of carbonyl (C=O) groups is 8. The number of fused-ring (bicyclic) bond motifs is 4. The Kier molecular flexibility index (Phi) is 44.5. The molecule has 0 spiro atoms. The SMILES string of the molecule is CCCCCN(C(=O)OC(C)(C)C)c1nc(N(C)CC)c2ncn(CC(=O)OCC)c2n1.CCCCCN(C(=O)OC(C)(C)C)c1nc(N(C)Cc2ccccc2)c2ncn(CC(=O)OCC)c2n1.CCCCCN(C(=O)OC(C)(C)C)c1nc(NCCC(C)C)c2ncn(CC(=O)OCC)c2n1.CCCCCN(C(=O)OC(C)(C)C)c1nc(NCc2ccccc2)c2ncn(CC(=O)OCC)c2n1. The highest BCUT2D eigenvalue weighted by Gasteiger charge is 2.34. The van der Waals surface area contributed by atoms with Gasteiger partial charge in [0.2, 0.25) is 23.8 Å². The minimum absolute atomic E-state index is 0.0294. The molecule has 2 N–H and O–H groups in total. The quantitative estimate of drug-likeness (QED) is 0.0203. The third-order valence-electron chi connectivity index (χ3n) is 20.3. The number of anilines is 8. The Morgan fingerprint density at radius 2 is 0.633 bits per heavy atom. The van der Waals surface area contributed by atoms with Crippen LogP contribution in [0.4, 0.5) is 66.2 Å². The number of ether oxygens (including phenoxy) is 8. The summed E-state index contributed by atoms with van der Waals surface area (Å²) in [5.74, 6) is 1.90. The molecule has 0 aliphatic heterocycles. The maximum absolute atomic E-state index is 13.3. The van der Waals surface area contributed by atoms with Crippen molar-refractivity contribution in [2.45, 2.75) is 304 Å². The summed E-state index contributed by atoms with van der Waals surface area (Å²) in [6, 6.07) is 19.9. The smallest absolute Gasteiger partial charge is 0.417 e. The minimum Gasteiger partial charge on any atom is -0.465 e. The molecule has 4 amide bonds. The molecule has 40 heteroatoms. The number of esters is 4. The Bertz CT molecular complexity index is 5560. The summed E-state index contributed by atoms with van der Waals surface area (Å²) in [5, 5.41) is 6.66. The van der Waals surface area contributed by atoms with E-state index in [2.05, 4.69) is 102 Å². The first-order valence-electron chi connectivity index (χ1n) is 48.5. The molecule has 2 aromatic carbocycles. The minimum atomic E-state index is -0.678. The van der Waals surface area contributed by atoms with Crippen LogP contribution in [0.2, 0.25) is 0 Å². The number of unbranched alkanes of at least 4 members (excludes halogenated alkanes) is 8. The molecular weight excluding hydrogens is 1780 g/mol. The number of aromatic nitrogens is 16. The number of hydrogen-bond acceptors (Lipinski definition) is 32. The van der Waals surface area contributed by atoms with E-state index in [4.69, 9.17) is 47.9 Å². The van der Waals surface area contributed by atoms with E-state index in [-0.39, 0.29) is 81.7 Å². The normalized spacial score (nSPS) is 11.5. The fraction of sp³-hybridized carbons (Fsp3) is 0.596. The van der Waals surface area contributed by atoms with Gasteiger partial charge in [-0.3, -0.25) is 19.2 Å². The molecule has 8 heterocycles. The lowest BCUT2D eigenvalue weighted by molar-refractivity contribution is -0.144. The molecule has 139 heavy (non-hydrogen) atoms. The number of hydrogen-bond donors (Lipinski definition) is 2. The van der Waals surface area contributed by atoms with Gasteiger partial charge in [-0.2, -0.15) is 39.9 Å². The molecule has 10 rings (SSSR count). The summed E-state index contributed by atoms with van der Waals surface area (Å²) in [7, 11) is 3.81. The Morgan fingerprint density at radius 1 is 0.353 bits per heavy atom. The van der Waals surface area contributed by atoms with Crippen molar-refractivity contribution in [3.63, 3.8) is 0 Å². The van der Waals surface area contributed by atoms with Crippen molar-refractivity contribution >= 4 is 140 Å². The maximum Gasteiger partial charge on any atom is 0.417 e. The molecular formula is C99H150N24O16. The number of amides is 4. The van der Waals surface area contributed by atoms with E-state index in [9.17, 15) is 38.4 Å². The molecule has 0 aliphatic rings. The first-order valence-corrected chi connectivity index (χ1v) is 48.5. The van der Waals surface area contributed by atoms with Crippen LogP contribution in [-0.4, -0.2) is 229 Å². The van der Waals surface area contributed by atoms with Crippen molar-refractivity contribution in [2.75, 3.05) is 120 Å². The van der Waals surface area contributed by atoms with Crippen molar-refractivity contribution in [2.24, 2.45) is 5.92 Å². The van der Waals surface area contributed by atoms with Gasteiger partial charge in [0.25, 0.3) is 0 Å². The van der Waals surface area contributed by atoms with Crippen molar-refractivity contribution in [1.29, 1.82) is 0 Å². The lowest BCUT2D eigenvalue weighted by Crippen LogP contribution is -2.39. The molecule has 8 aromatic heterocycles. The van der Waals surface area contributed by atoms with E-state index in [0.29, 0.717) is 133 Å². The summed E-state index contributed by atoms with van der Waals surface area (Å²) in [6.45, 7) is 48.7. The third kappa shape index (κ3) is 36.3. The number of nitrogens with one attached hydrogen (secondary N) is 2. The Labute approximate surface area is 817 Å². The Morgan fingerprint density at radius 3 is 0.921 bits per heavy atom. The van der Waals surface area contributed by atoms with Crippen LogP contribution in [-0.2, 0) is 96.3 Å². The fourth-order valence-corrected chi connectivity index (χ4v) is 13.6. The number of imidazole rings is 4. The lowest BCUT2D eigenvalue weighted by atomic mass is 10.1. The van der Waals surface area contributed by atoms with Gasteiger partial charge in [0.1, 0.15) is 48.6 Å². The van der Waals surface area contributed by atoms with E-state index in [0.717, 1.165) is 94.6 Å². The highest BCUT2D eigenvalue weighted by atomic mass is 16.6. The van der Waals surface area contributed by atoms with Crippen molar-refractivity contribution in [3.05, 3.63) is 97.1 Å². The second-order valence-electron chi connectivity index (χ2n) is 37.5. The fourth-order valence-electron chi connectivity index (χ4n) is 13.6. The van der Waals surface area contributed by atoms with Gasteiger partial charge in [0.05, 0.1) is 51.7 Å². The van der Waals surface area contributed by atoms with Crippen molar-refractivity contribution in [3.8, 4) is 0 Å². The number of rotatable bonds is 44. The largest absolute Gasteiger partial charge is 0.465 e. The van der Waals surface area contributed by atoms with Gasteiger partial charge in [-0.1, -0.05) is 154 Å². The van der Waals surface area contributed by atoms with E-state index in [1.807, 2.05) is 175 Å². The highest BCUT2D eigenvalue weighted by molar-refractivity contribution is 5.95. The van der Waals surface area contributed by atoms with Crippen LogP contribution in [0.15, 0.2) is 86.0 Å². The summed E-state index contributed by atoms with van der Waals surface area (Å²) < 4.78 is 49.5. The van der Waals surface area contributed by atoms with Crippen LogP contribution in [0.1, 0.15) is 254 Å². The van der Waals surface area contributed by atoms with Gasteiger partial charge in [-0.05, 0) is 167 Å². The van der Waals surface area contributed by atoms with Crippen LogP contribution >= 0.6 is 0 Å². The van der Waals surface area contributed by atoms with E-state index < -0.39 is 58.7 Å². The molecule has 0 radical (unpaired) electrons. The highest BCUT2D eigenvalue weighted by Crippen LogP contribution is 2.33. The maximum atomic E-state index is 13.3. The molecule has 0 unspecified atom stereocenters. The molecule has 0 saturated carbocycles. The number of nitrogens with zero attached hydrogens (tertiary/aromatic N) is 22. The molecule has 0 fully saturated rings. The molecule has 762 valence electrons. The standard InChI is InChI=1S/C27H38N6O4.C26H36N6O4.C24H40N6O4.C22H36N6O4/c1-7-9-13-16-33(26(35)37-27(3,4)5)25-29-23(31(6)17-20-14-11-10-12-15-20)22-24(30-25)32(19-28-22)18-21(34)36-8-2;1-6-8-12-15-32(25(34)36-26(3,4)5)24-29-22(27-16-19-13-10-9-11-14-19)21-23(30-24)31(18-28-21)17-20(33)35-7-2;1-8-10-11-14-30(23(32)34-24(5,6)7)22-27-20(25-13-12-17(3)4)19-21(28-22)29(16-26-19)15-18(31)33-9-2;1-8-11-12-13-28(21(30)32-22(4,5)6)20-24-18(26(7)9-2)17-19(25-20)27(15-23-17)14-16(29)31-10-3/h10-12,14-15,19H,7-9,13,16-18H2,1-6H3;9-11,13-14,18H,6-8,12,15-17H2,1-5H3,(H,27,29,30);16-17H,8-15H2,1-7H3,(H,25,27,28);15H,8-14H2,1-7H3. The second kappa shape index (κ2) is 54.8. The van der Waals surface area contributed by atoms with Gasteiger partial charge in [-0.25, -0.2) is 58.7 Å². The zero-order valence-electron chi connectivity index (χ0n) is 86.5. The zero-order chi connectivity index (χ0) is 102. The van der Waals surface area contributed by atoms with Crippen molar-refractivity contribution in [1.82, 2.24) is 78.1 Å². The Hall–Kier alpha value is -13.2. The average Bonchev–Trinajstić information content (AvgIpc) is 1.68.